The molecule has 0 aromatic heterocycles. The lowest BCUT2D eigenvalue weighted by molar-refractivity contribution is -0.121. The maximum absolute atomic E-state index is 12.8. The fraction of sp³-hybridized carbons (Fsp3) is 0.235. The van der Waals surface area contributed by atoms with E-state index in [2.05, 4.69) is 5.32 Å². The van der Waals surface area contributed by atoms with Crippen molar-refractivity contribution in [3.8, 4) is 11.5 Å². The van der Waals surface area contributed by atoms with E-state index in [-0.39, 0.29) is 4.90 Å². The van der Waals surface area contributed by atoms with Gasteiger partial charge in [0, 0.05) is 11.8 Å². The standard InChI is InChI=1S/C17H19FN2O6S/c1-3-25-15-9-6-13(10-16(15)24-2)19-17(21)11-26-20-27(22,23)14-7-4-12(18)5-8-14/h4-10,20H,3,11H2,1-2H3,(H,19,21). The summed E-state index contributed by atoms with van der Waals surface area (Å²) < 4.78 is 47.3. The Bertz CT molecular complexity index is 887. The number of benzene rings is 2. The third-order valence-electron chi connectivity index (χ3n) is 3.24. The molecule has 0 saturated carbocycles. The Morgan fingerprint density at radius 1 is 1.11 bits per heavy atom. The van der Waals surface area contributed by atoms with Crippen molar-refractivity contribution in [2.75, 3.05) is 25.6 Å². The molecule has 0 aliphatic carbocycles. The van der Waals surface area contributed by atoms with Crippen LogP contribution in [0.2, 0.25) is 0 Å². The van der Waals surface area contributed by atoms with E-state index in [1.807, 2.05) is 6.92 Å². The Labute approximate surface area is 156 Å². The number of methoxy groups -OCH3 is 1. The van der Waals surface area contributed by atoms with Crippen LogP contribution >= 0.6 is 0 Å². The van der Waals surface area contributed by atoms with Crippen LogP contribution in [0.5, 0.6) is 11.5 Å². The normalized spacial score (nSPS) is 11.1. The van der Waals surface area contributed by atoms with Crippen molar-refractivity contribution in [3.63, 3.8) is 0 Å². The zero-order valence-corrected chi connectivity index (χ0v) is 15.5. The molecular weight excluding hydrogens is 379 g/mol. The van der Waals surface area contributed by atoms with Crippen LogP contribution in [0.1, 0.15) is 6.92 Å². The molecule has 2 rings (SSSR count). The van der Waals surface area contributed by atoms with E-state index in [1.54, 1.807) is 23.1 Å². The number of sulfonamides is 1. The number of nitrogens with one attached hydrogen (secondary N) is 2. The molecule has 1 amide bonds. The van der Waals surface area contributed by atoms with Crippen molar-refractivity contribution in [2.45, 2.75) is 11.8 Å². The molecule has 2 N–H and O–H groups in total. The first-order valence-corrected chi connectivity index (χ1v) is 9.34. The predicted octanol–water partition coefficient (Wildman–Crippen LogP) is 2.08. The summed E-state index contributed by atoms with van der Waals surface area (Å²) in [6, 6.07) is 8.96. The van der Waals surface area contributed by atoms with E-state index in [0.29, 0.717) is 23.8 Å². The van der Waals surface area contributed by atoms with E-state index < -0.39 is 28.4 Å². The smallest absolute Gasteiger partial charge is 0.262 e. The second kappa shape index (κ2) is 9.31. The van der Waals surface area contributed by atoms with Crippen LogP contribution in [0.3, 0.4) is 0 Å². The van der Waals surface area contributed by atoms with Crippen LogP contribution in [0, 0.1) is 5.82 Å². The number of amides is 1. The van der Waals surface area contributed by atoms with Crippen LogP contribution in [0.15, 0.2) is 47.4 Å². The number of carbonyl (C=O) groups is 1. The quantitative estimate of drug-likeness (QED) is 0.627. The Morgan fingerprint density at radius 3 is 2.44 bits per heavy atom. The molecule has 10 heteroatoms. The van der Waals surface area contributed by atoms with Gasteiger partial charge in [0.15, 0.2) is 11.5 Å². The van der Waals surface area contributed by atoms with Gasteiger partial charge in [-0.05, 0) is 43.3 Å². The third kappa shape index (κ3) is 5.91. The number of rotatable bonds is 9. The topological polar surface area (TPSA) is 103 Å². The van der Waals surface area contributed by atoms with E-state index in [4.69, 9.17) is 14.3 Å². The van der Waals surface area contributed by atoms with E-state index >= 15 is 0 Å². The zero-order chi connectivity index (χ0) is 19.9. The number of hydrogen-bond donors (Lipinski definition) is 2. The van der Waals surface area contributed by atoms with Crippen LogP contribution in [0.25, 0.3) is 0 Å². The monoisotopic (exact) mass is 398 g/mol. The molecule has 8 nitrogen and oxygen atoms in total. The Kier molecular flexibility index (Phi) is 7.11. The highest BCUT2D eigenvalue weighted by Gasteiger charge is 2.15. The highest BCUT2D eigenvalue weighted by molar-refractivity contribution is 7.89. The summed E-state index contributed by atoms with van der Waals surface area (Å²) in [5, 5.41) is 2.54. The van der Waals surface area contributed by atoms with Crippen LogP contribution in [-0.2, 0) is 19.7 Å². The van der Waals surface area contributed by atoms with Gasteiger partial charge in [-0.2, -0.15) is 0 Å². The van der Waals surface area contributed by atoms with Crippen molar-refractivity contribution in [3.05, 3.63) is 48.3 Å². The van der Waals surface area contributed by atoms with Gasteiger partial charge in [0.1, 0.15) is 12.4 Å². The molecule has 0 bridgehead atoms. The lowest BCUT2D eigenvalue weighted by atomic mass is 10.2. The van der Waals surface area contributed by atoms with E-state index in [9.17, 15) is 17.6 Å². The average molecular weight is 398 g/mol. The second-order valence-electron chi connectivity index (χ2n) is 5.18. The molecular formula is C17H19FN2O6S. The molecule has 27 heavy (non-hydrogen) atoms. The Morgan fingerprint density at radius 2 is 1.81 bits per heavy atom. The summed E-state index contributed by atoms with van der Waals surface area (Å²) in [6.07, 6.45) is 0. The first-order valence-electron chi connectivity index (χ1n) is 7.85. The number of halogens is 1. The van der Waals surface area contributed by atoms with Crippen molar-refractivity contribution < 1.29 is 31.9 Å². The highest BCUT2D eigenvalue weighted by atomic mass is 32.2. The van der Waals surface area contributed by atoms with E-state index in [1.165, 1.54) is 7.11 Å². The Hall–Kier alpha value is -2.69. The van der Waals surface area contributed by atoms with Crippen LogP contribution in [0.4, 0.5) is 10.1 Å². The molecule has 0 heterocycles. The molecule has 0 fully saturated rings. The maximum Gasteiger partial charge on any atom is 0.262 e. The average Bonchev–Trinajstić information content (AvgIpc) is 2.63. The van der Waals surface area contributed by atoms with Gasteiger partial charge in [0.2, 0.25) is 0 Å². The second-order valence-corrected chi connectivity index (χ2v) is 6.82. The van der Waals surface area contributed by atoms with Gasteiger partial charge in [-0.25, -0.2) is 12.8 Å². The first kappa shape index (κ1) is 20.6. The summed E-state index contributed by atoms with van der Waals surface area (Å²) in [6.45, 7) is 1.72. The number of carbonyl (C=O) groups excluding carboxylic acids is 1. The molecule has 0 spiro atoms. The predicted molar refractivity (Wildman–Crippen MR) is 95.5 cm³/mol. The number of hydrogen-bond acceptors (Lipinski definition) is 6. The minimum atomic E-state index is -4.02. The van der Waals surface area contributed by atoms with Crippen molar-refractivity contribution >= 4 is 21.6 Å². The molecule has 146 valence electrons. The minimum Gasteiger partial charge on any atom is -0.493 e. The molecule has 0 unspecified atom stereocenters. The summed E-state index contributed by atoms with van der Waals surface area (Å²) in [7, 11) is -2.55. The molecule has 0 aliphatic heterocycles. The highest BCUT2D eigenvalue weighted by Crippen LogP contribution is 2.30. The van der Waals surface area contributed by atoms with Gasteiger partial charge in [0.05, 0.1) is 18.6 Å². The van der Waals surface area contributed by atoms with Gasteiger partial charge in [-0.1, -0.05) is 4.89 Å². The van der Waals surface area contributed by atoms with Gasteiger partial charge in [0.25, 0.3) is 15.9 Å². The largest absolute Gasteiger partial charge is 0.493 e. The maximum atomic E-state index is 12.8. The summed E-state index contributed by atoms with van der Waals surface area (Å²) in [5.74, 6) is -0.197. The minimum absolute atomic E-state index is 0.194. The first-order chi connectivity index (χ1) is 12.9. The summed E-state index contributed by atoms with van der Waals surface area (Å²) >= 11 is 0. The number of anilines is 1. The van der Waals surface area contributed by atoms with Crippen LogP contribution in [-0.4, -0.2) is 34.6 Å². The summed E-state index contributed by atoms with van der Waals surface area (Å²) in [4.78, 5) is 18.2. The fourth-order valence-electron chi connectivity index (χ4n) is 2.05. The van der Waals surface area contributed by atoms with Crippen molar-refractivity contribution in [2.24, 2.45) is 0 Å². The van der Waals surface area contributed by atoms with Gasteiger partial charge < -0.3 is 14.8 Å². The Balaban J connectivity index is 1.90. The molecule has 0 saturated heterocycles. The van der Waals surface area contributed by atoms with Gasteiger partial charge in [-0.3, -0.25) is 9.63 Å². The van der Waals surface area contributed by atoms with Crippen LogP contribution < -0.4 is 19.7 Å². The zero-order valence-electron chi connectivity index (χ0n) is 14.7. The molecule has 2 aromatic carbocycles. The summed E-state index contributed by atoms with van der Waals surface area (Å²) in [5.41, 5.74) is 0.422. The third-order valence-corrected chi connectivity index (χ3v) is 4.47. The van der Waals surface area contributed by atoms with Crippen molar-refractivity contribution in [1.82, 2.24) is 4.89 Å². The molecule has 0 atom stereocenters. The van der Waals surface area contributed by atoms with Crippen molar-refractivity contribution in [1.29, 1.82) is 0 Å². The lowest BCUT2D eigenvalue weighted by Gasteiger charge is -2.12. The molecule has 2 aromatic rings. The molecule has 0 aliphatic rings. The lowest BCUT2D eigenvalue weighted by Crippen LogP contribution is -2.29. The van der Waals surface area contributed by atoms with Gasteiger partial charge in [-0.15, -0.1) is 0 Å². The number of ether oxygens (including phenoxy) is 2. The van der Waals surface area contributed by atoms with E-state index in [0.717, 1.165) is 24.3 Å². The van der Waals surface area contributed by atoms with Gasteiger partial charge >= 0.3 is 0 Å². The SMILES string of the molecule is CCOc1ccc(NC(=O)CONS(=O)(=O)c2ccc(F)cc2)cc1OC. The fourth-order valence-corrected chi connectivity index (χ4v) is 2.86. The molecule has 0 radical (unpaired) electrons.